The second kappa shape index (κ2) is 32.3. The standard InChI is InChI=1S/C22H38O8S9/c23-13-34-17-36-15-29-19(25)1-5-31-7-3-21(27)38-11-9-33-10-12-39-22(28)4-8-32-6-2-20(26)30-16-37-18-35-14-24/h23-24H,1-18H2. The van der Waals surface area contributed by atoms with Crippen molar-refractivity contribution in [3.8, 4) is 0 Å². The van der Waals surface area contributed by atoms with Crippen LogP contribution in [0.1, 0.15) is 25.7 Å². The summed E-state index contributed by atoms with van der Waals surface area (Å²) in [6.45, 7) is 0. The minimum Gasteiger partial charge on any atom is -0.455 e. The first-order valence-electron chi connectivity index (χ1n) is 11.9. The number of hydrogen-bond donors (Lipinski definition) is 2. The van der Waals surface area contributed by atoms with Crippen molar-refractivity contribution in [3.05, 3.63) is 0 Å². The lowest BCUT2D eigenvalue weighted by molar-refractivity contribution is -0.141. The molecule has 0 atom stereocenters. The maximum Gasteiger partial charge on any atom is 0.307 e. The number of carbonyl (C=O) groups excluding carboxylic acids is 4. The molecule has 0 aromatic rings. The van der Waals surface area contributed by atoms with Crippen LogP contribution in [0.25, 0.3) is 0 Å². The van der Waals surface area contributed by atoms with Gasteiger partial charge < -0.3 is 19.7 Å². The van der Waals surface area contributed by atoms with Crippen LogP contribution in [0.5, 0.6) is 0 Å². The number of thioether (sulfide) groups is 9. The lowest BCUT2D eigenvalue weighted by Gasteiger charge is -2.05. The molecule has 39 heavy (non-hydrogen) atoms. The van der Waals surface area contributed by atoms with Crippen LogP contribution >= 0.6 is 106 Å². The van der Waals surface area contributed by atoms with Crippen molar-refractivity contribution in [3.63, 3.8) is 0 Å². The molecule has 0 spiro atoms. The van der Waals surface area contributed by atoms with Gasteiger partial charge >= 0.3 is 11.9 Å². The molecule has 0 amide bonds. The molecule has 0 aliphatic carbocycles. The molecule has 2 N–H and O–H groups in total. The Bertz CT molecular complexity index is 595. The number of carbonyl (C=O) groups is 4. The van der Waals surface area contributed by atoms with Crippen molar-refractivity contribution in [2.45, 2.75) is 25.7 Å². The van der Waals surface area contributed by atoms with Gasteiger partial charge in [0.05, 0.1) is 24.7 Å². The maximum absolute atomic E-state index is 12.0. The van der Waals surface area contributed by atoms with Crippen molar-refractivity contribution >= 4 is 128 Å². The summed E-state index contributed by atoms with van der Waals surface area (Å²) in [6, 6.07) is 0. The molecule has 8 nitrogen and oxygen atoms in total. The van der Waals surface area contributed by atoms with E-state index in [9.17, 15) is 19.2 Å². The van der Waals surface area contributed by atoms with Gasteiger partial charge in [0, 0.05) is 69.0 Å². The molecule has 0 rings (SSSR count). The van der Waals surface area contributed by atoms with E-state index < -0.39 is 0 Å². The monoisotopic (exact) mass is 718 g/mol. The zero-order valence-electron chi connectivity index (χ0n) is 21.7. The van der Waals surface area contributed by atoms with Crippen LogP contribution < -0.4 is 0 Å². The summed E-state index contributed by atoms with van der Waals surface area (Å²) in [5.41, 5.74) is 0. The van der Waals surface area contributed by atoms with E-state index in [0.717, 1.165) is 23.0 Å². The first-order chi connectivity index (χ1) is 19.0. The van der Waals surface area contributed by atoms with Crippen LogP contribution in [0.2, 0.25) is 0 Å². The van der Waals surface area contributed by atoms with Crippen molar-refractivity contribution in [1.82, 2.24) is 0 Å². The molecule has 0 aromatic heterocycles. The Morgan fingerprint density at radius 1 is 0.462 bits per heavy atom. The molecule has 0 saturated carbocycles. The Morgan fingerprint density at radius 3 is 1.26 bits per heavy atom. The fourth-order valence-corrected chi connectivity index (χ4v) is 9.34. The van der Waals surface area contributed by atoms with Crippen molar-refractivity contribution in [1.29, 1.82) is 0 Å². The summed E-state index contributed by atoms with van der Waals surface area (Å²) < 4.78 is 10.2. The molecule has 0 heterocycles. The third-order valence-electron chi connectivity index (χ3n) is 3.91. The van der Waals surface area contributed by atoms with Crippen molar-refractivity contribution < 1.29 is 38.9 Å². The van der Waals surface area contributed by atoms with E-state index in [1.807, 2.05) is 0 Å². The van der Waals surface area contributed by atoms with E-state index in [4.69, 9.17) is 19.7 Å². The highest BCUT2D eigenvalue weighted by Crippen LogP contribution is 2.17. The summed E-state index contributed by atoms with van der Waals surface area (Å²) in [5.74, 6) is 6.15. The fourth-order valence-electron chi connectivity index (χ4n) is 2.12. The maximum atomic E-state index is 12.0. The Morgan fingerprint density at radius 2 is 0.846 bits per heavy atom. The van der Waals surface area contributed by atoms with E-state index in [-0.39, 0.29) is 34.0 Å². The summed E-state index contributed by atoms with van der Waals surface area (Å²) in [4.78, 5) is 47.1. The topological polar surface area (TPSA) is 127 Å². The fraction of sp³-hybridized carbons (Fsp3) is 0.818. The first-order valence-corrected chi connectivity index (χ1v) is 21.9. The number of esters is 2. The molecule has 17 heteroatoms. The minimum atomic E-state index is -0.240. The summed E-state index contributed by atoms with van der Waals surface area (Å²) >= 11 is 13.2. The van der Waals surface area contributed by atoms with Crippen LogP contribution in [0, 0.1) is 0 Å². The Hall–Kier alpha value is 1.35. The van der Waals surface area contributed by atoms with Gasteiger partial charge in [0.15, 0.2) is 10.2 Å². The van der Waals surface area contributed by atoms with Crippen LogP contribution in [0.4, 0.5) is 0 Å². The first kappa shape index (κ1) is 40.4. The summed E-state index contributed by atoms with van der Waals surface area (Å²) in [5, 5.41) is 19.0. The number of aliphatic hydroxyl groups excluding tert-OH is 2. The van der Waals surface area contributed by atoms with E-state index in [1.54, 1.807) is 35.3 Å². The second-order valence-corrected chi connectivity index (χ2v) is 17.3. The number of aliphatic hydroxyl groups is 2. The normalized spacial score (nSPS) is 10.9. The molecule has 0 radical (unpaired) electrons. The molecular weight excluding hydrogens is 681 g/mol. The third-order valence-corrected chi connectivity index (χ3v) is 12.8. The van der Waals surface area contributed by atoms with E-state index in [0.29, 0.717) is 70.7 Å². The Labute approximate surface area is 270 Å². The van der Waals surface area contributed by atoms with Crippen LogP contribution in [0.3, 0.4) is 0 Å². The van der Waals surface area contributed by atoms with Gasteiger partial charge in [-0.05, 0) is 0 Å². The van der Waals surface area contributed by atoms with E-state index in [1.165, 1.54) is 70.6 Å². The van der Waals surface area contributed by atoms with Gasteiger partial charge in [-0.1, -0.05) is 23.5 Å². The second-order valence-electron chi connectivity index (χ2n) is 6.86. The van der Waals surface area contributed by atoms with Crippen molar-refractivity contribution in [2.24, 2.45) is 0 Å². The molecule has 0 unspecified atom stereocenters. The SMILES string of the molecule is O=C(CCSCCC(=O)SCCSCCSC(=O)CCSCCC(=O)OCSCSCO)OCSCSCO. The largest absolute Gasteiger partial charge is 0.455 e. The number of ether oxygens (including phenoxy) is 2. The number of hydrogen-bond acceptors (Lipinski definition) is 17. The minimum absolute atomic E-state index is 0.0632. The highest BCUT2D eigenvalue weighted by Gasteiger charge is 2.07. The van der Waals surface area contributed by atoms with Gasteiger partial charge in [-0.2, -0.15) is 35.3 Å². The molecule has 0 aromatic carbocycles. The lowest BCUT2D eigenvalue weighted by atomic mass is 10.5. The quantitative estimate of drug-likeness (QED) is 0.0638. The van der Waals surface area contributed by atoms with Gasteiger partial charge in [-0.15, -0.1) is 47.0 Å². The molecule has 0 saturated heterocycles. The molecule has 228 valence electrons. The lowest BCUT2D eigenvalue weighted by Crippen LogP contribution is -2.06. The van der Waals surface area contributed by atoms with Gasteiger partial charge in [0.2, 0.25) is 0 Å². The Kier molecular flexibility index (Phi) is 33.4. The highest BCUT2D eigenvalue weighted by atomic mass is 32.2. The Balaban J connectivity index is 3.41. The van der Waals surface area contributed by atoms with Gasteiger partial charge in [-0.25, -0.2) is 0 Å². The zero-order chi connectivity index (χ0) is 28.8. The smallest absolute Gasteiger partial charge is 0.307 e. The predicted octanol–water partition coefficient (Wildman–Crippen LogP) is 5.01. The summed E-state index contributed by atoms with van der Waals surface area (Å²) in [7, 11) is 0. The molecule has 0 fully saturated rings. The number of rotatable bonds is 28. The average Bonchev–Trinajstić information content (AvgIpc) is 2.91. The molecule has 0 aliphatic heterocycles. The van der Waals surface area contributed by atoms with E-state index >= 15 is 0 Å². The van der Waals surface area contributed by atoms with Gasteiger partial charge in [0.25, 0.3) is 0 Å². The summed E-state index contributed by atoms with van der Waals surface area (Å²) in [6.07, 6.45) is 1.63. The van der Waals surface area contributed by atoms with E-state index in [2.05, 4.69) is 0 Å². The third kappa shape index (κ3) is 32.1. The van der Waals surface area contributed by atoms with Crippen LogP contribution in [-0.4, -0.2) is 112 Å². The molecule has 0 bridgehead atoms. The zero-order valence-corrected chi connectivity index (χ0v) is 29.1. The molecular formula is C22H38O8S9. The van der Waals surface area contributed by atoms with Gasteiger partial charge in [0.1, 0.15) is 11.9 Å². The van der Waals surface area contributed by atoms with Crippen LogP contribution in [-0.2, 0) is 28.7 Å². The predicted molar refractivity (Wildman–Crippen MR) is 182 cm³/mol. The van der Waals surface area contributed by atoms with Gasteiger partial charge in [-0.3, -0.25) is 19.2 Å². The van der Waals surface area contributed by atoms with Crippen LogP contribution in [0.15, 0.2) is 0 Å². The average molecular weight is 719 g/mol. The van der Waals surface area contributed by atoms with Crippen molar-refractivity contribution in [2.75, 3.05) is 79.9 Å². The highest BCUT2D eigenvalue weighted by molar-refractivity contribution is 8.16. The molecule has 0 aliphatic rings.